The topological polar surface area (TPSA) is 60.2 Å². The van der Waals surface area contributed by atoms with Crippen molar-refractivity contribution in [3.05, 3.63) is 59.7 Å². The molecule has 0 aliphatic carbocycles. The van der Waals surface area contributed by atoms with E-state index >= 15 is 0 Å². The van der Waals surface area contributed by atoms with Gasteiger partial charge in [-0.05, 0) is 43.2 Å². The summed E-state index contributed by atoms with van der Waals surface area (Å²) in [4.78, 5) is 4.15. The van der Waals surface area contributed by atoms with E-state index in [9.17, 15) is 4.39 Å². The van der Waals surface area contributed by atoms with E-state index in [0.29, 0.717) is 5.75 Å². The molecule has 1 unspecified atom stereocenters. The first-order valence-corrected chi connectivity index (χ1v) is 6.43. The lowest BCUT2D eigenvalue weighted by Gasteiger charge is -2.18. The van der Waals surface area contributed by atoms with Gasteiger partial charge in [-0.1, -0.05) is 12.1 Å². The zero-order valence-corrected chi connectivity index (χ0v) is 11.5. The summed E-state index contributed by atoms with van der Waals surface area (Å²) in [5.41, 5.74) is 4.43. The summed E-state index contributed by atoms with van der Waals surface area (Å²) in [6, 6.07) is 7.80. The maximum atomic E-state index is 13.0. The third kappa shape index (κ3) is 3.53. The van der Waals surface area contributed by atoms with Crippen LogP contribution >= 0.6 is 0 Å². The molecule has 0 aliphatic rings. The fourth-order valence-corrected chi connectivity index (χ4v) is 1.97. The molecule has 20 heavy (non-hydrogen) atoms. The molecule has 2 aromatic rings. The molecule has 106 valence electrons. The lowest BCUT2D eigenvalue weighted by atomic mass is 10.0. The van der Waals surface area contributed by atoms with E-state index in [4.69, 9.17) is 10.6 Å². The third-order valence-corrected chi connectivity index (χ3v) is 2.81. The van der Waals surface area contributed by atoms with Gasteiger partial charge in [-0.3, -0.25) is 10.8 Å². The average Bonchev–Trinajstić information content (AvgIpc) is 2.41. The number of nitrogens with zero attached hydrogens (tertiary/aromatic N) is 1. The Hall–Kier alpha value is -1.98. The van der Waals surface area contributed by atoms with Crippen molar-refractivity contribution in [1.29, 1.82) is 0 Å². The van der Waals surface area contributed by atoms with Gasteiger partial charge in [-0.2, -0.15) is 0 Å². The van der Waals surface area contributed by atoms with Crippen LogP contribution in [0.4, 0.5) is 4.39 Å². The number of aromatic nitrogens is 1. The second-order valence-electron chi connectivity index (χ2n) is 4.77. The highest BCUT2D eigenvalue weighted by Gasteiger charge is 2.14. The van der Waals surface area contributed by atoms with E-state index in [-0.39, 0.29) is 18.0 Å². The van der Waals surface area contributed by atoms with Gasteiger partial charge in [0.1, 0.15) is 11.6 Å². The summed E-state index contributed by atoms with van der Waals surface area (Å²) in [6.07, 6.45) is 3.44. The molecule has 1 heterocycles. The SMILES string of the molecule is CC(C)Oc1cncc(C(NN)c2ccc(F)cc2)c1. The lowest BCUT2D eigenvalue weighted by molar-refractivity contribution is 0.241. The van der Waals surface area contributed by atoms with Crippen LogP contribution in [0.5, 0.6) is 5.75 Å². The van der Waals surface area contributed by atoms with Crippen LogP contribution in [0.2, 0.25) is 0 Å². The van der Waals surface area contributed by atoms with Crippen LogP contribution in [-0.2, 0) is 0 Å². The Morgan fingerprint density at radius 2 is 1.85 bits per heavy atom. The number of halogens is 1. The Bertz CT molecular complexity index is 557. The number of nitrogens with two attached hydrogens (primary N) is 1. The molecule has 0 radical (unpaired) electrons. The van der Waals surface area contributed by atoms with E-state index in [1.54, 1.807) is 24.5 Å². The van der Waals surface area contributed by atoms with Gasteiger partial charge < -0.3 is 4.74 Å². The van der Waals surface area contributed by atoms with Gasteiger partial charge in [0.25, 0.3) is 0 Å². The van der Waals surface area contributed by atoms with Gasteiger partial charge >= 0.3 is 0 Å². The molecule has 3 N–H and O–H groups in total. The van der Waals surface area contributed by atoms with E-state index in [0.717, 1.165) is 11.1 Å². The first kappa shape index (κ1) is 14.4. The third-order valence-electron chi connectivity index (χ3n) is 2.81. The van der Waals surface area contributed by atoms with Crippen LogP contribution in [0, 0.1) is 5.82 Å². The van der Waals surface area contributed by atoms with Crippen LogP contribution in [0.25, 0.3) is 0 Å². The highest BCUT2D eigenvalue weighted by molar-refractivity contribution is 5.34. The first-order valence-electron chi connectivity index (χ1n) is 6.43. The highest BCUT2D eigenvalue weighted by atomic mass is 19.1. The molecule has 0 aliphatic heterocycles. The van der Waals surface area contributed by atoms with Gasteiger partial charge in [0.15, 0.2) is 0 Å². The molecule has 0 amide bonds. The van der Waals surface area contributed by atoms with Crippen molar-refractivity contribution < 1.29 is 9.13 Å². The highest BCUT2D eigenvalue weighted by Crippen LogP contribution is 2.24. The van der Waals surface area contributed by atoms with Gasteiger partial charge in [-0.25, -0.2) is 9.82 Å². The molecule has 2 rings (SSSR count). The predicted octanol–water partition coefficient (Wildman–Crippen LogP) is 2.56. The standard InChI is InChI=1S/C15H18FN3O/c1-10(2)20-14-7-12(8-18-9-14)15(19-17)11-3-5-13(16)6-4-11/h3-10,15,19H,17H2,1-2H3. The Kier molecular flexibility index (Phi) is 4.65. The Morgan fingerprint density at radius 3 is 2.45 bits per heavy atom. The van der Waals surface area contributed by atoms with E-state index < -0.39 is 0 Å². The summed E-state index contributed by atoms with van der Waals surface area (Å²) in [5.74, 6) is 6.02. The number of hydrazine groups is 1. The molecular weight excluding hydrogens is 257 g/mol. The molecule has 0 spiro atoms. The number of rotatable bonds is 5. The van der Waals surface area contributed by atoms with Crippen molar-refractivity contribution in [3.8, 4) is 5.75 Å². The summed E-state index contributed by atoms with van der Waals surface area (Å²) >= 11 is 0. The lowest BCUT2D eigenvalue weighted by Crippen LogP contribution is -2.29. The summed E-state index contributed by atoms with van der Waals surface area (Å²) in [6.45, 7) is 3.90. The molecule has 0 saturated carbocycles. The van der Waals surface area contributed by atoms with Crippen LogP contribution < -0.4 is 16.0 Å². The summed E-state index contributed by atoms with van der Waals surface area (Å²) in [7, 11) is 0. The minimum absolute atomic E-state index is 0.0714. The van der Waals surface area contributed by atoms with Gasteiger partial charge in [0.2, 0.25) is 0 Å². The van der Waals surface area contributed by atoms with Crippen molar-refractivity contribution in [2.45, 2.75) is 26.0 Å². The molecule has 1 atom stereocenters. The summed E-state index contributed by atoms with van der Waals surface area (Å²) < 4.78 is 18.6. The normalized spacial score (nSPS) is 12.4. The van der Waals surface area contributed by atoms with Crippen molar-refractivity contribution in [2.75, 3.05) is 0 Å². The number of nitrogens with one attached hydrogen (secondary N) is 1. The second-order valence-corrected chi connectivity index (χ2v) is 4.77. The predicted molar refractivity (Wildman–Crippen MR) is 75.6 cm³/mol. The van der Waals surface area contributed by atoms with E-state index in [1.807, 2.05) is 19.9 Å². The first-order chi connectivity index (χ1) is 9.60. The van der Waals surface area contributed by atoms with Crippen molar-refractivity contribution in [2.24, 2.45) is 5.84 Å². The molecule has 5 heteroatoms. The Morgan fingerprint density at radius 1 is 1.15 bits per heavy atom. The smallest absolute Gasteiger partial charge is 0.138 e. The Balaban J connectivity index is 2.29. The van der Waals surface area contributed by atoms with Crippen molar-refractivity contribution in [3.63, 3.8) is 0 Å². The minimum Gasteiger partial charge on any atom is -0.489 e. The maximum Gasteiger partial charge on any atom is 0.138 e. The number of ether oxygens (including phenoxy) is 1. The maximum absolute atomic E-state index is 13.0. The van der Waals surface area contributed by atoms with Crippen LogP contribution in [-0.4, -0.2) is 11.1 Å². The molecule has 4 nitrogen and oxygen atoms in total. The van der Waals surface area contributed by atoms with Crippen LogP contribution in [0.1, 0.15) is 31.0 Å². The van der Waals surface area contributed by atoms with Gasteiger partial charge in [0.05, 0.1) is 18.3 Å². The van der Waals surface area contributed by atoms with Gasteiger partial charge in [-0.15, -0.1) is 0 Å². The molecule has 0 fully saturated rings. The number of hydrogen-bond donors (Lipinski definition) is 2. The average molecular weight is 275 g/mol. The quantitative estimate of drug-likeness (QED) is 0.650. The van der Waals surface area contributed by atoms with Crippen molar-refractivity contribution in [1.82, 2.24) is 10.4 Å². The molecule has 1 aromatic heterocycles. The van der Waals surface area contributed by atoms with Crippen LogP contribution in [0.15, 0.2) is 42.7 Å². The molecule has 0 bridgehead atoms. The van der Waals surface area contributed by atoms with Gasteiger partial charge in [0, 0.05) is 6.20 Å². The van der Waals surface area contributed by atoms with Crippen LogP contribution in [0.3, 0.4) is 0 Å². The number of benzene rings is 1. The fraction of sp³-hybridized carbons (Fsp3) is 0.267. The minimum atomic E-state index is -0.278. The summed E-state index contributed by atoms with van der Waals surface area (Å²) in [5, 5.41) is 0. The number of pyridine rings is 1. The number of hydrogen-bond acceptors (Lipinski definition) is 4. The fourth-order valence-electron chi connectivity index (χ4n) is 1.97. The second kappa shape index (κ2) is 6.45. The molecular formula is C15H18FN3O. The monoisotopic (exact) mass is 275 g/mol. The zero-order valence-electron chi connectivity index (χ0n) is 11.5. The van der Waals surface area contributed by atoms with E-state index in [2.05, 4.69) is 10.4 Å². The Labute approximate surface area is 117 Å². The molecule has 1 aromatic carbocycles. The van der Waals surface area contributed by atoms with Crippen molar-refractivity contribution >= 4 is 0 Å². The molecule has 0 saturated heterocycles. The zero-order chi connectivity index (χ0) is 14.5. The van der Waals surface area contributed by atoms with E-state index in [1.165, 1.54) is 12.1 Å². The largest absolute Gasteiger partial charge is 0.489 e.